The normalized spacial score (nSPS) is 11.9. The summed E-state index contributed by atoms with van der Waals surface area (Å²) in [4.78, 5) is 19.6. The molecule has 35 heavy (non-hydrogen) atoms. The highest BCUT2D eigenvalue weighted by Gasteiger charge is 2.26. The van der Waals surface area contributed by atoms with Crippen LogP contribution in [-0.4, -0.2) is 36.7 Å². The van der Waals surface area contributed by atoms with Gasteiger partial charge in [0.1, 0.15) is 11.6 Å². The fourth-order valence-electron chi connectivity index (χ4n) is 3.71. The average molecular weight is 516 g/mol. The highest BCUT2D eigenvalue weighted by atomic mass is 32.2. The van der Waals surface area contributed by atoms with Crippen LogP contribution in [0, 0.1) is 5.82 Å². The molecule has 2 aromatic carbocycles. The number of rotatable bonds is 10. The van der Waals surface area contributed by atoms with E-state index in [0.717, 1.165) is 0 Å². The van der Waals surface area contributed by atoms with Crippen LogP contribution in [0.4, 0.5) is 9.52 Å². The van der Waals surface area contributed by atoms with Gasteiger partial charge in [-0.05, 0) is 67.4 Å². The zero-order chi connectivity index (χ0) is 25.0. The molecule has 0 aliphatic rings. The van der Waals surface area contributed by atoms with E-state index < -0.39 is 10.0 Å². The standard InChI is InChI=1S/C25H26FN3O4S2/c1-3-13-28(14-4-2)35(31,32)21-10-7-18(8-11-21)24(30)29(17-20-6-5-15-33-20)25-27-22-12-9-19(26)16-23(22)34-25/h5-12,15-16H,3-4,13-14,17H2,1-2H3. The van der Waals surface area contributed by atoms with Crippen LogP contribution in [0.2, 0.25) is 0 Å². The number of anilines is 1. The maximum atomic E-state index is 13.7. The summed E-state index contributed by atoms with van der Waals surface area (Å²) in [5.41, 5.74) is 0.885. The number of carbonyl (C=O) groups excluding carboxylic acids is 1. The van der Waals surface area contributed by atoms with Gasteiger partial charge in [-0.3, -0.25) is 9.69 Å². The third-order valence-corrected chi connectivity index (χ3v) is 8.35. The fourth-order valence-corrected chi connectivity index (χ4v) is 6.32. The van der Waals surface area contributed by atoms with E-state index in [-0.39, 0.29) is 23.2 Å². The van der Waals surface area contributed by atoms with Crippen LogP contribution >= 0.6 is 11.3 Å². The second-order valence-corrected chi connectivity index (χ2v) is 11.0. The monoisotopic (exact) mass is 515 g/mol. The number of halogens is 1. The number of aromatic nitrogens is 1. The first-order valence-corrected chi connectivity index (χ1v) is 13.6. The van der Waals surface area contributed by atoms with Crippen molar-refractivity contribution in [1.82, 2.24) is 9.29 Å². The van der Waals surface area contributed by atoms with E-state index in [1.807, 2.05) is 13.8 Å². The van der Waals surface area contributed by atoms with Gasteiger partial charge >= 0.3 is 0 Å². The van der Waals surface area contributed by atoms with E-state index in [0.29, 0.717) is 52.6 Å². The fraction of sp³-hybridized carbons (Fsp3) is 0.280. The van der Waals surface area contributed by atoms with Crippen molar-refractivity contribution < 1.29 is 22.0 Å². The topological polar surface area (TPSA) is 83.7 Å². The van der Waals surface area contributed by atoms with Gasteiger partial charge in [0.05, 0.1) is 27.9 Å². The molecule has 184 valence electrons. The van der Waals surface area contributed by atoms with Crippen LogP contribution in [0.5, 0.6) is 0 Å². The van der Waals surface area contributed by atoms with Crippen molar-refractivity contribution in [3.8, 4) is 0 Å². The Hall–Kier alpha value is -3.08. The first kappa shape index (κ1) is 25.0. The Morgan fingerprint density at radius 1 is 1.06 bits per heavy atom. The number of benzene rings is 2. The molecule has 0 unspecified atom stereocenters. The average Bonchev–Trinajstić information content (AvgIpc) is 3.51. The van der Waals surface area contributed by atoms with Gasteiger partial charge in [0.25, 0.3) is 5.91 Å². The minimum Gasteiger partial charge on any atom is -0.467 e. The number of carbonyl (C=O) groups is 1. The number of fused-ring (bicyclic) bond motifs is 1. The molecule has 2 aromatic heterocycles. The maximum Gasteiger partial charge on any atom is 0.260 e. The predicted molar refractivity (Wildman–Crippen MR) is 135 cm³/mol. The van der Waals surface area contributed by atoms with Gasteiger partial charge in [-0.25, -0.2) is 17.8 Å². The summed E-state index contributed by atoms with van der Waals surface area (Å²) in [5.74, 6) is -0.199. The SMILES string of the molecule is CCCN(CCC)S(=O)(=O)c1ccc(C(=O)N(Cc2ccco2)c2nc3ccc(F)cc3s2)cc1. The molecule has 10 heteroatoms. The summed E-state index contributed by atoms with van der Waals surface area (Å²) >= 11 is 1.20. The molecule has 0 spiro atoms. The second-order valence-electron chi connectivity index (χ2n) is 8.01. The Kier molecular flexibility index (Phi) is 7.63. The van der Waals surface area contributed by atoms with E-state index in [2.05, 4.69) is 4.98 Å². The Labute approximate surface area is 207 Å². The minimum absolute atomic E-state index is 0.120. The van der Waals surface area contributed by atoms with Crippen molar-refractivity contribution in [3.63, 3.8) is 0 Å². The van der Waals surface area contributed by atoms with Crippen molar-refractivity contribution in [2.75, 3.05) is 18.0 Å². The molecule has 0 N–H and O–H groups in total. The molecule has 0 aliphatic heterocycles. The number of thiazole rings is 1. The molecule has 0 bridgehead atoms. The summed E-state index contributed by atoms with van der Waals surface area (Å²) in [6, 6.07) is 13.7. The van der Waals surface area contributed by atoms with Crippen LogP contribution in [0.3, 0.4) is 0 Å². The van der Waals surface area contributed by atoms with Gasteiger partial charge in [0, 0.05) is 18.7 Å². The van der Waals surface area contributed by atoms with Gasteiger partial charge in [-0.2, -0.15) is 4.31 Å². The van der Waals surface area contributed by atoms with Gasteiger partial charge in [-0.15, -0.1) is 0 Å². The van der Waals surface area contributed by atoms with Gasteiger partial charge < -0.3 is 4.42 Å². The molecule has 2 heterocycles. The molecule has 0 aliphatic carbocycles. The van der Waals surface area contributed by atoms with E-state index in [1.165, 1.54) is 63.2 Å². The Morgan fingerprint density at radius 3 is 2.40 bits per heavy atom. The van der Waals surface area contributed by atoms with Crippen molar-refractivity contribution in [3.05, 3.63) is 78.0 Å². The summed E-state index contributed by atoms with van der Waals surface area (Å²) in [5, 5.41) is 0.390. The highest BCUT2D eigenvalue weighted by Crippen LogP contribution is 2.31. The number of amides is 1. The summed E-state index contributed by atoms with van der Waals surface area (Å²) in [6.07, 6.45) is 2.94. The molecule has 0 saturated heterocycles. The first-order valence-electron chi connectivity index (χ1n) is 11.3. The van der Waals surface area contributed by atoms with E-state index >= 15 is 0 Å². The van der Waals surface area contributed by atoms with Crippen LogP contribution in [0.15, 0.2) is 70.2 Å². The second kappa shape index (κ2) is 10.7. The maximum absolute atomic E-state index is 13.7. The molecule has 0 atom stereocenters. The van der Waals surface area contributed by atoms with E-state index in [1.54, 1.807) is 18.2 Å². The van der Waals surface area contributed by atoms with Crippen LogP contribution in [0.25, 0.3) is 10.2 Å². The first-order chi connectivity index (χ1) is 16.8. The quantitative estimate of drug-likeness (QED) is 0.271. The molecule has 0 fully saturated rings. The number of sulfonamides is 1. The predicted octanol–water partition coefficient (Wildman–Crippen LogP) is 5.69. The van der Waals surface area contributed by atoms with Gasteiger partial charge in [0.15, 0.2) is 5.13 Å². The lowest BCUT2D eigenvalue weighted by Crippen LogP contribution is -2.33. The zero-order valence-corrected chi connectivity index (χ0v) is 21.1. The molecule has 0 saturated carbocycles. The number of furan rings is 1. The summed E-state index contributed by atoms with van der Waals surface area (Å²) in [7, 11) is -3.66. The third-order valence-electron chi connectivity index (χ3n) is 5.39. The van der Waals surface area contributed by atoms with Crippen molar-refractivity contribution >= 4 is 42.6 Å². The molecule has 1 amide bonds. The Balaban J connectivity index is 1.66. The highest BCUT2D eigenvalue weighted by molar-refractivity contribution is 7.89. The van der Waals surface area contributed by atoms with Gasteiger partial charge in [-0.1, -0.05) is 25.2 Å². The largest absolute Gasteiger partial charge is 0.467 e. The molecule has 4 aromatic rings. The smallest absolute Gasteiger partial charge is 0.260 e. The van der Waals surface area contributed by atoms with Crippen LogP contribution in [0.1, 0.15) is 42.8 Å². The van der Waals surface area contributed by atoms with E-state index in [4.69, 9.17) is 4.42 Å². The van der Waals surface area contributed by atoms with Crippen LogP contribution in [-0.2, 0) is 16.6 Å². The summed E-state index contributed by atoms with van der Waals surface area (Å²) < 4.78 is 47.3. The van der Waals surface area contributed by atoms with Crippen molar-refractivity contribution in [2.45, 2.75) is 38.1 Å². The summed E-state index contributed by atoms with van der Waals surface area (Å²) in [6.45, 7) is 4.86. The lowest BCUT2D eigenvalue weighted by atomic mass is 10.2. The lowest BCUT2D eigenvalue weighted by Gasteiger charge is -2.21. The third kappa shape index (κ3) is 5.44. The number of nitrogens with zero attached hydrogens (tertiary/aromatic N) is 3. The lowest BCUT2D eigenvalue weighted by molar-refractivity contribution is 0.0983. The molecular weight excluding hydrogens is 489 g/mol. The van der Waals surface area contributed by atoms with Gasteiger partial charge in [0.2, 0.25) is 10.0 Å². The Morgan fingerprint density at radius 2 is 1.77 bits per heavy atom. The number of hydrogen-bond acceptors (Lipinski definition) is 6. The number of hydrogen-bond donors (Lipinski definition) is 0. The van der Waals surface area contributed by atoms with Crippen LogP contribution < -0.4 is 4.90 Å². The zero-order valence-electron chi connectivity index (χ0n) is 19.5. The minimum atomic E-state index is -3.66. The molecule has 0 radical (unpaired) electrons. The Bertz CT molecular complexity index is 1390. The molecule has 4 rings (SSSR count). The van der Waals surface area contributed by atoms with Crippen molar-refractivity contribution in [2.24, 2.45) is 0 Å². The molecule has 7 nitrogen and oxygen atoms in total. The van der Waals surface area contributed by atoms with E-state index in [9.17, 15) is 17.6 Å². The van der Waals surface area contributed by atoms with Crippen molar-refractivity contribution in [1.29, 1.82) is 0 Å². The molecular formula is C25H26FN3O4S2.